The standard InChI is InChI=1S/C12H21NO/c1-4-6-11-8-9-12(14-11)7-5-10-13(2)3/h8-9H,4-7,10H2,1-3H3. The molecule has 0 bridgehead atoms. The van der Waals surface area contributed by atoms with Gasteiger partial charge in [-0.15, -0.1) is 0 Å². The minimum absolute atomic E-state index is 1.06. The summed E-state index contributed by atoms with van der Waals surface area (Å²) in [6.45, 7) is 3.30. The van der Waals surface area contributed by atoms with Crippen molar-refractivity contribution < 1.29 is 4.42 Å². The fourth-order valence-electron chi connectivity index (χ4n) is 1.51. The second-order valence-electron chi connectivity index (χ2n) is 4.02. The summed E-state index contributed by atoms with van der Waals surface area (Å²) < 4.78 is 5.69. The van der Waals surface area contributed by atoms with Crippen LogP contribution in [0.15, 0.2) is 16.5 Å². The quantitative estimate of drug-likeness (QED) is 0.694. The van der Waals surface area contributed by atoms with Gasteiger partial charge in [-0.05, 0) is 45.6 Å². The van der Waals surface area contributed by atoms with Gasteiger partial charge in [-0.1, -0.05) is 6.92 Å². The van der Waals surface area contributed by atoms with Crippen molar-refractivity contribution in [3.05, 3.63) is 23.7 Å². The third kappa shape index (κ3) is 3.97. The van der Waals surface area contributed by atoms with Gasteiger partial charge in [0.15, 0.2) is 0 Å². The highest BCUT2D eigenvalue weighted by atomic mass is 16.3. The van der Waals surface area contributed by atoms with Gasteiger partial charge in [0.2, 0.25) is 0 Å². The average molecular weight is 195 g/mol. The Morgan fingerprint density at radius 1 is 1.14 bits per heavy atom. The molecule has 1 rings (SSSR count). The van der Waals surface area contributed by atoms with Gasteiger partial charge in [0.25, 0.3) is 0 Å². The molecule has 1 heterocycles. The van der Waals surface area contributed by atoms with Crippen molar-refractivity contribution in [1.82, 2.24) is 4.90 Å². The Balaban J connectivity index is 2.28. The van der Waals surface area contributed by atoms with E-state index >= 15 is 0 Å². The number of rotatable bonds is 6. The first-order valence-corrected chi connectivity index (χ1v) is 5.44. The van der Waals surface area contributed by atoms with Gasteiger partial charge < -0.3 is 9.32 Å². The van der Waals surface area contributed by atoms with Crippen LogP contribution in [-0.2, 0) is 12.8 Å². The Hall–Kier alpha value is -0.760. The molecule has 0 unspecified atom stereocenters. The monoisotopic (exact) mass is 195 g/mol. The number of nitrogens with zero attached hydrogens (tertiary/aromatic N) is 1. The summed E-state index contributed by atoms with van der Waals surface area (Å²) in [6.07, 6.45) is 4.45. The third-order valence-corrected chi connectivity index (χ3v) is 2.24. The molecule has 0 aliphatic carbocycles. The van der Waals surface area contributed by atoms with Crippen molar-refractivity contribution in [1.29, 1.82) is 0 Å². The second-order valence-corrected chi connectivity index (χ2v) is 4.02. The molecule has 1 aromatic heterocycles. The lowest BCUT2D eigenvalue weighted by molar-refractivity contribution is 0.385. The molecule has 0 fully saturated rings. The molecule has 0 amide bonds. The molecule has 0 saturated heterocycles. The third-order valence-electron chi connectivity index (χ3n) is 2.24. The SMILES string of the molecule is CCCc1ccc(CCCN(C)C)o1. The van der Waals surface area contributed by atoms with E-state index in [1.165, 1.54) is 6.42 Å². The molecular formula is C12H21NO. The van der Waals surface area contributed by atoms with Crippen LogP contribution in [-0.4, -0.2) is 25.5 Å². The number of hydrogen-bond donors (Lipinski definition) is 0. The lowest BCUT2D eigenvalue weighted by Crippen LogP contribution is -2.13. The molecule has 0 atom stereocenters. The molecule has 0 N–H and O–H groups in total. The Bertz CT molecular complexity index is 253. The minimum atomic E-state index is 1.06. The van der Waals surface area contributed by atoms with Crippen molar-refractivity contribution in [2.45, 2.75) is 32.6 Å². The lowest BCUT2D eigenvalue weighted by Gasteiger charge is -2.07. The Labute approximate surface area is 86.9 Å². The number of furan rings is 1. The van der Waals surface area contributed by atoms with E-state index in [4.69, 9.17) is 4.42 Å². The summed E-state index contributed by atoms with van der Waals surface area (Å²) in [7, 11) is 4.20. The maximum atomic E-state index is 5.69. The van der Waals surface area contributed by atoms with Gasteiger partial charge in [-0.25, -0.2) is 0 Å². The van der Waals surface area contributed by atoms with Crippen molar-refractivity contribution in [3.63, 3.8) is 0 Å². The van der Waals surface area contributed by atoms with Crippen LogP contribution in [0.2, 0.25) is 0 Å². The molecule has 0 saturated carbocycles. The van der Waals surface area contributed by atoms with E-state index in [1.54, 1.807) is 0 Å². The van der Waals surface area contributed by atoms with Gasteiger partial charge in [0.1, 0.15) is 11.5 Å². The van der Waals surface area contributed by atoms with E-state index in [1.807, 2.05) is 0 Å². The van der Waals surface area contributed by atoms with E-state index in [0.717, 1.165) is 37.3 Å². The highest BCUT2D eigenvalue weighted by molar-refractivity contribution is 5.07. The topological polar surface area (TPSA) is 16.4 Å². The minimum Gasteiger partial charge on any atom is -0.466 e. The summed E-state index contributed by atoms with van der Waals surface area (Å²) in [5.74, 6) is 2.27. The van der Waals surface area contributed by atoms with Crippen molar-refractivity contribution in [3.8, 4) is 0 Å². The molecule has 0 aliphatic heterocycles. The van der Waals surface area contributed by atoms with Crippen LogP contribution in [0.25, 0.3) is 0 Å². The Morgan fingerprint density at radius 2 is 1.79 bits per heavy atom. The molecule has 0 spiro atoms. The molecule has 2 nitrogen and oxygen atoms in total. The maximum absolute atomic E-state index is 5.69. The van der Waals surface area contributed by atoms with Crippen LogP contribution in [0.5, 0.6) is 0 Å². The summed E-state index contributed by atoms with van der Waals surface area (Å²) in [5.41, 5.74) is 0. The highest BCUT2D eigenvalue weighted by Gasteiger charge is 2.01. The van der Waals surface area contributed by atoms with E-state index in [2.05, 4.69) is 38.1 Å². The number of aryl methyl sites for hydroxylation is 2. The van der Waals surface area contributed by atoms with Crippen molar-refractivity contribution in [2.75, 3.05) is 20.6 Å². The van der Waals surface area contributed by atoms with Crippen LogP contribution >= 0.6 is 0 Å². The zero-order valence-electron chi connectivity index (χ0n) is 9.55. The lowest BCUT2D eigenvalue weighted by atomic mass is 10.2. The molecule has 2 heteroatoms. The van der Waals surface area contributed by atoms with Crippen LogP contribution in [0.4, 0.5) is 0 Å². The molecular weight excluding hydrogens is 174 g/mol. The van der Waals surface area contributed by atoms with Crippen LogP contribution < -0.4 is 0 Å². The maximum Gasteiger partial charge on any atom is 0.104 e. The van der Waals surface area contributed by atoms with Gasteiger partial charge in [-0.3, -0.25) is 0 Å². The highest BCUT2D eigenvalue weighted by Crippen LogP contribution is 2.11. The van der Waals surface area contributed by atoms with Crippen molar-refractivity contribution in [2.24, 2.45) is 0 Å². The zero-order valence-corrected chi connectivity index (χ0v) is 9.55. The summed E-state index contributed by atoms with van der Waals surface area (Å²) >= 11 is 0. The predicted molar refractivity (Wildman–Crippen MR) is 59.6 cm³/mol. The van der Waals surface area contributed by atoms with Crippen LogP contribution in [0, 0.1) is 0 Å². The average Bonchev–Trinajstić information content (AvgIpc) is 2.53. The van der Waals surface area contributed by atoms with Gasteiger partial charge >= 0.3 is 0 Å². The Kier molecular flexibility index (Phi) is 4.74. The molecule has 0 radical (unpaired) electrons. The molecule has 0 aromatic carbocycles. The smallest absolute Gasteiger partial charge is 0.104 e. The van der Waals surface area contributed by atoms with Crippen molar-refractivity contribution >= 4 is 0 Å². The first-order chi connectivity index (χ1) is 6.72. The first kappa shape index (κ1) is 11.3. The van der Waals surface area contributed by atoms with Crippen LogP contribution in [0.1, 0.15) is 31.3 Å². The van der Waals surface area contributed by atoms with Gasteiger partial charge in [-0.2, -0.15) is 0 Å². The van der Waals surface area contributed by atoms with E-state index in [9.17, 15) is 0 Å². The molecule has 1 aromatic rings. The van der Waals surface area contributed by atoms with Crippen LogP contribution in [0.3, 0.4) is 0 Å². The van der Waals surface area contributed by atoms with Gasteiger partial charge in [0.05, 0.1) is 0 Å². The molecule has 80 valence electrons. The summed E-state index contributed by atoms with van der Waals surface area (Å²) in [5, 5.41) is 0. The number of hydrogen-bond acceptors (Lipinski definition) is 2. The second kappa shape index (κ2) is 5.86. The molecule has 0 aliphatic rings. The van der Waals surface area contributed by atoms with E-state index < -0.39 is 0 Å². The molecule has 14 heavy (non-hydrogen) atoms. The summed E-state index contributed by atoms with van der Waals surface area (Å²) in [4.78, 5) is 2.20. The fourth-order valence-corrected chi connectivity index (χ4v) is 1.51. The van der Waals surface area contributed by atoms with E-state index in [-0.39, 0.29) is 0 Å². The first-order valence-electron chi connectivity index (χ1n) is 5.44. The fraction of sp³-hybridized carbons (Fsp3) is 0.667. The zero-order chi connectivity index (χ0) is 10.4. The van der Waals surface area contributed by atoms with Gasteiger partial charge in [0, 0.05) is 12.8 Å². The Morgan fingerprint density at radius 3 is 2.36 bits per heavy atom. The largest absolute Gasteiger partial charge is 0.466 e. The normalized spacial score (nSPS) is 11.1. The summed E-state index contributed by atoms with van der Waals surface area (Å²) in [6, 6.07) is 4.22. The predicted octanol–water partition coefficient (Wildman–Crippen LogP) is 2.73. The van der Waals surface area contributed by atoms with E-state index in [0.29, 0.717) is 0 Å².